The molecule has 1 aromatic rings. The van der Waals surface area contributed by atoms with Gasteiger partial charge in [-0.15, -0.1) is 0 Å². The molecule has 7 atom stereocenters. The predicted octanol–water partition coefficient (Wildman–Crippen LogP) is 0.0889. The molecule has 42 heavy (non-hydrogen) atoms. The lowest BCUT2D eigenvalue weighted by Crippen LogP contribution is -2.69. The first kappa shape index (κ1) is 30.0. The molecule has 0 aromatic heterocycles. The van der Waals surface area contributed by atoms with Crippen molar-refractivity contribution in [1.82, 2.24) is 4.90 Å². The second kappa shape index (κ2) is 11.0. The number of esters is 3. The van der Waals surface area contributed by atoms with E-state index in [0.29, 0.717) is 24.2 Å². The Labute approximate surface area is 241 Å². The van der Waals surface area contributed by atoms with Crippen LogP contribution in [-0.2, 0) is 51.8 Å². The number of ether oxygens (including phenoxy) is 4. The Morgan fingerprint density at radius 3 is 2.57 bits per heavy atom. The zero-order chi connectivity index (χ0) is 30.6. The third-order valence-corrected chi connectivity index (χ3v) is 8.98. The van der Waals surface area contributed by atoms with Gasteiger partial charge in [0.1, 0.15) is 11.5 Å². The van der Waals surface area contributed by atoms with E-state index in [9.17, 15) is 34.5 Å². The normalized spacial score (nSPS) is 29.5. The fourth-order valence-corrected chi connectivity index (χ4v) is 6.93. The number of nitrogens with zero attached hydrogens (tertiary/aromatic N) is 1. The summed E-state index contributed by atoms with van der Waals surface area (Å²) in [6.07, 6.45) is -3.06. The molecule has 2 bridgehead atoms. The lowest BCUT2D eigenvalue weighted by Gasteiger charge is -2.56. The van der Waals surface area contributed by atoms with E-state index in [-0.39, 0.29) is 24.8 Å². The van der Waals surface area contributed by atoms with Gasteiger partial charge in [-0.25, -0.2) is 14.4 Å². The number of rotatable bonds is 9. The van der Waals surface area contributed by atoms with Crippen molar-refractivity contribution in [3.05, 3.63) is 40.7 Å². The summed E-state index contributed by atoms with van der Waals surface area (Å²) in [6.45, 7) is 2.76. The highest BCUT2D eigenvalue weighted by atomic mass is 16.6. The van der Waals surface area contributed by atoms with Crippen LogP contribution in [0, 0.1) is 0 Å². The van der Waals surface area contributed by atoms with Crippen LogP contribution in [0.5, 0.6) is 5.75 Å². The number of carbonyl (C=O) groups is 4. The number of carbonyl (C=O) groups excluding carboxylic acids is 3. The van der Waals surface area contributed by atoms with Crippen LogP contribution >= 0.6 is 0 Å². The van der Waals surface area contributed by atoms with Gasteiger partial charge in [-0.3, -0.25) is 4.79 Å². The first-order valence-electron chi connectivity index (χ1n) is 13.9. The molecule has 0 radical (unpaired) electrons. The highest BCUT2D eigenvalue weighted by Gasteiger charge is 2.70. The van der Waals surface area contributed by atoms with Gasteiger partial charge in [0.15, 0.2) is 24.4 Å². The number of benzene rings is 1. The van der Waals surface area contributed by atoms with E-state index >= 15 is 0 Å². The minimum atomic E-state index is -1.95. The van der Waals surface area contributed by atoms with Gasteiger partial charge in [-0.1, -0.05) is 12.1 Å². The Balaban J connectivity index is 1.34. The van der Waals surface area contributed by atoms with Gasteiger partial charge in [0, 0.05) is 23.6 Å². The molecule has 1 aromatic carbocycles. The molecular weight excluding hydrogens is 554 g/mol. The summed E-state index contributed by atoms with van der Waals surface area (Å²) in [6, 6.07) is 3.51. The largest absolute Gasteiger partial charge is 0.481 e. The number of carboxylic acid groups (broad SMARTS) is 1. The number of likely N-dealkylation sites (tertiary alicyclic amines) is 1. The van der Waals surface area contributed by atoms with Crippen LogP contribution in [0.3, 0.4) is 0 Å². The molecule has 1 fully saturated rings. The van der Waals surface area contributed by atoms with Gasteiger partial charge in [0.2, 0.25) is 0 Å². The van der Waals surface area contributed by atoms with E-state index in [4.69, 9.17) is 19.3 Å². The van der Waals surface area contributed by atoms with Gasteiger partial charge >= 0.3 is 23.9 Å². The highest BCUT2D eigenvalue weighted by Crippen LogP contribution is 2.64. The van der Waals surface area contributed by atoms with Gasteiger partial charge in [0.05, 0.1) is 24.0 Å². The van der Waals surface area contributed by atoms with Gasteiger partial charge in [0.25, 0.3) is 0 Å². The van der Waals surface area contributed by atoms with Crippen LogP contribution in [0.15, 0.2) is 24.0 Å². The number of hydrogen-bond acceptors (Lipinski definition) is 12. The fraction of sp³-hybridized carbons (Fsp3) is 0.586. The minimum absolute atomic E-state index is 0.0907. The second-order valence-electron chi connectivity index (χ2n) is 11.4. The Morgan fingerprint density at radius 1 is 1.14 bits per heavy atom. The zero-order valence-corrected chi connectivity index (χ0v) is 23.6. The number of likely N-dealkylation sites (N-methyl/N-ethyl adjacent to an activating group) is 1. The average molecular weight is 590 g/mol. The lowest BCUT2D eigenvalue weighted by atomic mass is 9.52. The molecule has 13 heteroatoms. The van der Waals surface area contributed by atoms with Crippen molar-refractivity contribution in [3.63, 3.8) is 0 Å². The topological polar surface area (TPSA) is 189 Å². The second-order valence-corrected chi connectivity index (χ2v) is 11.4. The van der Waals surface area contributed by atoms with Crippen molar-refractivity contribution < 1.29 is 58.6 Å². The molecule has 1 saturated heterocycles. The Bertz CT molecular complexity index is 1340. The molecule has 4 N–H and O–H groups in total. The maximum absolute atomic E-state index is 13.0. The summed E-state index contributed by atoms with van der Waals surface area (Å²) < 4.78 is 21.6. The highest BCUT2D eigenvalue weighted by molar-refractivity contribution is 5.85. The summed E-state index contributed by atoms with van der Waals surface area (Å²) in [5, 5.41) is 41.7. The van der Waals surface area contributed by atoms with Crippen LogP contribution in [0.2, 0.25) is 0 Å². The van der Waals surface area contributed by atoms with Crippen LogP contribution < -0.4 is 4.74 Å². The van der Waals surface area contributed by atoms with Crippen LogP contribution in [0.4, 0.5) is 0 Å². The number of hydrogen-bond donors (Lipinski definition) is 4. The third kappa shape index (κ3) is 4.64. The average Bonchev–Trinajstić information content (AvgIpc) is 3.27. The summed E-state index contributed by atoms with van der Waals surface area (Å²) in [5.41, 5.74) is 0.144. The Morgan fingerprint density at radius 2 is 1.88 bits per heavy atom. The molecule has 1 spiro atoms. The zero-order valence-electron chi connectivity index (χ0n) is 23.6. The first-order valence-corrected chi connectivity index (χ1v) is 13.9. The summed E-state index contributed by atoms with van der Waals surface area (Å²) in [5.74, 6) is -4.20. The maximum Gasteiger partial charge on any atom is 0.347 e. The van der Waals surface area contributed by atoms with E-state index in [1.807, 2.05) is 13.1 Å². The number of carboxylic acids is 1. The predicted molar refractivity (Wildman–Crippen MR) is 141 cm³/mol. The van der Waals surface area contributed by atoms with E-state index < -0.39 is 65.7 Å². The summed E-state index contributed by atoms with van der Waals surface area (Å²) in [4.78, 5) is 50.2. The molecule has 2 aliphatic carbocycles. The molecule has 5 rings (SSSR count). The van der Waals surface area contributed by atoms with E-state index in [1.54, 1.807) is 12.1 Å². The summed E-state index contributed by atoms with van der Waals surface area (Å²) >= 11 is 0. The summed E-state index contributed by atoms with van der Waals surface area (Å²) in [7, 11) is 1.97. The molecule has 13 nitrogen and oxygen atoms in total. The van der Waals surface area contributed by atoms with Crippen molar-refractivity contribution in [2.75, 3.05) is 13.6 Å². The third-order valence-electron chi connectivity index (χ3n) is 8.98. The SMILES string of the molecule is C[C@H](OC(=O)[C@H](C)OC(=O)C[C@H](O)C(=O)OC1=CC[C@@]2(O)[C@H]3Cc4ccc(CO)c5c4[C@@]2(CCCN3C)[C@H]1O5)C(=O)O. The number of aliphatic hydroxyl groups excluding tert-OH is 2. The van der Waals surface area contributed by atoms with Crippen molar-refractivity contribution >= 4 is 23.9 Å². The van der Waals surface area contributed by atoms with Crippen molar-refractivity contribution in [2.24, 2.45) is 0 Å². The standard InChI is InChI=1S/C29H35NO12/c1-14(25(34)35)40-26(36)15(2)39-21(33)12-18(32)27(37)41-19-7-9-29(38)20-11-16-5-6-17(13-31)23-22(16)28(29,24(19)42-23)8-4-10-30(20)3/h5-7,14-15,18,20,24,31-32,38H,4,8-13H2,1-3H3,(H,34,35)/t14-,15-,18-,20+,24-,28-,29+/m0/s1. The number of aliphatic hydroxyl groups is 3. The number of aliphatic carboxylic acids is 1. The van der Waals surface area contributed by atoms with E-state index in [2.05, 4.69) is 9.64 Å². The van der Waals surface area contributed by atoms with Crippen LogP contribution in [0.1, 0.15) is 56.2 Å². The Hall–Kier alpha value is -3.52. The molecular formula is C29H35NO12. The maximum atomic E-state index is 13.0. The Kier molecular flexibility index (Phi) is 7.81. The smallest absolute Gasteiger partial charge is 0.347 e. The first-order chi connectivity index (χ1) is 19.8. The van der Waals surface area contributed by atoms with E-state index in [0.717, 1.165) is 31.0 Å². The monoisotopic (exact) mass is 589 g/mol. The van der Waals surface area contributed by atoms with Crippen molar-refractivity contribution in [1.29, 1.82) is 0 Å². The van der Waals surface area contributed by atoms with Gasteiger partial charge < -0.3 is 44.3 Å². The molecule has 0 amide bonds. The minimum Gasteiger partial charge on any atom is -0.481 e. The van der Waals surface area contributed by atoms with E-state index in [1.165, 1.54) is 6.92 Å². The van der Waals surface area contributed by atoms with Gasteiger partial charge in [-0.2, -0.15) is 0 Å². The molecule has 228 valence electrons. The molecule has 0 saturated carbocycles. The van der Waals surface area contributed by atoms with Crippen LogP contribution in [-0.4, -0.2) is 98.9 Å². The van der Waals surface area contributed by atoms with Gasteiger partial charge in [-0.05, 0) is 58.3 Å². The quantitative estimate of drug-likeness (QED) is 0.224. The molecule has 0 unspecified atom stereocenters. The van der Waals surface area contributed by atoms with Crippen molar-refractivity contribution in [2.45, 2.75) is 94.0 Å². The fourth-order valence-electron chi connectivity index (χ4n) is 6.93. The molecule has 2 aliphatic heterocycles. The molecule has 2 heterocycles. The molecule has 4 aliphatic rings. The van der Waals surface area contributed by atoms with Crippen molar-refractivity contribution in [3.8, 4) is 5.75 Å². The van der Waals surface area contributed by atoms with Crippen LogP contribution in [0.25, 0.3) is 0 Å². The lowest BCUT2D eigenvalue weighted by molar-refractivity contribution is -0.176.